The van der Waals surface area contributed by atoms with E-state index in [1.807, 2.05) is 0 Å². The van der Waals surface area contributed by atoms with E-state index in [9.17, 15) is 0 Å². The van der Waals surface area contributed by atoms with Gasteiger partial charge in [-0.2, -0.15) is 0 Å². The third-order valence-electron chi connectivity index (χ3n) is 3.73. The van der Waals surface area contributed by atoms with Gasteiger partial charge in [-0.15, -0.1) is 0 Å². The first-order valence-corrected chi connectivity index (χ1v) is 6.86. The molecule has 1 aromatic carbocycles. The van der Waals surface area contributed by atoms with Crippen LogP contribution in [-0.4, -0.2) is 31.5 Å². The summed E-state index contributed by atoms with van der Waals surface area (Å²) >= 11 is 0. The zero-order valence-electron chi connectivity index (χ0n) is 10.9. The highest BCUT2D eigenvalue weighted by Gasteiger charge is 2.34. The first-order chi connectivity index (χ1) is 8.87. The number of ether oxygens (including phenoxy) is 1. The maximum Gasteiger partial charge on any atom is 0.0698 e. The topological polar surface area (TPSA) is 41.5 Å². The Kier molecular flexibility index (Phi) is 5.17. The van der Waals surface area contributed by atoms with Gasteiger partial charge in [-0.05, 0) is 18.4 Å². The van der Waals surface area contributed by atoms with Gasteiger partial charge < -0.3 is 15.2 Å². The van der Waals surface area contributed by atoms with E-state index < -0.39 is 0 Å². The van der Waals surface area contributed by atoms with Gasteiger partial charge in [0.05, 0.1) is 19.8 Å². The summed E-state index contributed by atoms with van der Waals surface area (Å²) in [6, 6.07) is 10.7. The lowest BCUT2D eigenvalue weighted by atomic mass is 9.88. The third-order valence-corrected chi connectivity index (χ3v) is 3.73. The van der Waals surface area contributed by atoms with Gasteiger partial charge in [0.15, 0.2) is 0 Å². The molecule has 18 heavy (non-hydrogen) atoms. The molecule has 100 valence electrons. The minimum Gasteiger partial charge on any atom is -0.394 e. The van der Waals surface area contributed by atoms with Gasteiger partial charge in [-0.25, -0.2) is 0 Å². The van der Waals surface area contributed by atoms with Crippen molar-refractivity contribution in [2.24, 2.45) is 0 Å². The summed E-state index contributed by atoms with van der Waals surface area (Å²) in [5, 5.41) is 12.3. The summed E-state index contributed by atoms with van der Waals surface area (Å²) in [6.07, 6.45) is 4.99. The van der Waals surface area contributed by atoms with Crippen molar-refractivity contribution < 1.29 is 9.84 Å². The average molecular weight is 249 g/mol. The van der Waals surface area contributed by atoms with Crippen LogP contribution in [0.1, 0.15) is 31.2 Å². The Morgan fingerprint density at radius 1 is 1.11 bits per heavy atom. The van der Waals surface area contributed by atoms with Crippen LogP contribution < -0.4 is 5.32 Å². The molecule has 1 aliphatic carbocycles. The molecule has 0 saturated heterocycles. The molecule has 3 nitrogen and oxygen atoms in total. The van der Waals surface area contributed by atoms with Crippen molar-refractivity contribution in [3.8, 4) is 0 Å². The van der Waals surface area contributed by atoms with Gasteiger partial charge in [0.2, 0.25) is 0 Å². The van der Waals surface area contributed by atoms with Gasteiger partial charge in [0, 0.05) is 12.1 Å². The van der Waals surface area contributed by atoms with Gasteiger partial charge in [-0.1, -0.05) is 43.2 Å². The highest BCUT2D eigenvalue weighted by molar-refractivity contribution is 5.25. The van der Waals surface area contributed by atoms with Crippen LogP contribution in [-0.2, 0) is 10.3 Å². The molecule has 0 bridgehead atoms. The summed E-state index contributed by atoms with van der Waals surface area (Å²) in [4.78, 5) is 0. The zero-order valence-corrected chi connectivity index (χ0v) is 10.9. The lowest BCUT2D eigenvalue weighted by molar-refractivity contribution is 0.0891. The Morgan fingerprint density at radius 2 is 1.83 bits per heavy atom. The summed E-state index contributed by atoms with van der Waals surface area (Å²) in [7, 11) is 0. The van der Waals surface area contributed by atoms with Gasteiger partial charge in [-0.3, -0.25) is 0 Å². The normalized spacial score (nSPS) is 18.1. The Bertz CT molecular complexity index is 334. The maximum absolute atomic E-state index is 8.66. The lowest BCUT2D eigenvalue weighted by Crippen LogP contribution is -2.41. The van der Waals surface area contributed by atoms with Crippen molar-refractivity contribution in [1.29, 1.82) is 0 Å². The molecule has 0 unspecified atom stereocenters. The van der Waals surface area contributed by atoms with Gasteiger partial charge in [0.25, 0.3) is 0 Å². The van der Waals surface area contributed by atoms with E-state index in [1.165, 1.54) is 31.2 Å². The second-order valence-electron chi connectivity index (χ2n) is 4.92. The van der Waals surface area contributed by atoms with Crippen LogP contribution in [0.5, 0.6) is 0 Å². The predicted molar refractivity (Wildman–Crippen MR) is 72.5 cm³/mol. The standard InChI is InChI=1S/C15H23NO2/c17-11-13-18-12-10-16-15(8-4-5-9-15)14-6-2-1-3-7-14/h1-3,6-7,16-17H,4-5,8-13H2. The molecule has 1 aromatic rings. The summed E-state index contributed by atoms with van der Waals surface area (Å²) in [5.41, 5.74) is 1.54. The van der Waals surface area contributed by atoms with E-state index >= 15 is 0 Å². The molecule has 0 radical (unpaired) electrons. The van der Waals surface area contributed by atoms with Crippen molar-refractivity contribution >= 4 is 0 Å². The van der Waals surface area contributed by atoms with Crippen molar-refractivity contribution in [1.82, 2.24) is 5.32 Å². The summed E-state index contributed by atoms with van der Waals surface area (Å²) in [6.45, 7) is 2.04. The van der Waals surface area contributed by atoms with Crippen molar-refractivity contribution in [3.05, 3.63) is 35.9 Å². The molecule has 0 aliphatic heterocycles. The van der Waals surface area contributed by atoms with E-state index in [0.717, 1.165) is 6.54 Å². The molecule has 0 amide bonds. The second kappa shape index (κ2) is 6.88. The van der Waals surface area contributed by atoms with E-state index in [4.69, 9.17) is 9.84 Å². The maximum atomic E-state index is 8.66. The first-order valence-electron chi connectivity index (χ1n) is 6.86. The van der Waals surface area contributed by atoms with Gasteiger partial charge >= 0.3 is 0 Å². The Balaban J connectivity index is 1.91. The minimum absolute atomic E-state index is 0.101. The van der Waals surface area contributed by atoms with Crippen molar-refractivity contribution in [2.45, 2.75) is 31.2 Å². The molecule has 0 aromatic heterocycles. The van der Waals surface area contributed by atoms with Crippen LogP contribution in [0.15, 0.2) is 30.3 Å². The molecule has 1 saturated carbocycles. The number of hydrogen-bond acceptors (Lipinski definition) is 3. The highest BCUT2D eigenvalue weighted by Crippen LogP contribution is 2.38. The molecular formula is C15H23NO2. The number of aliphatic hydroxyl groups is 1. The van der Waals surface area contributed by atoms with E-state index in [2.05, 4.69) is 35.6 Å². The minimum atomic E-state index is 0.101. The summed E-state index contributed by atoms with van der Waals surface area (Å²) < 4.78 is 5.31. The number of rotatable bonds is 7. The van der Waals surface area contributed by atoms with Crippen LogP contribution in [0.2, 0.25) is 0 Å². The smallest absolute Gasteiger partial charge is 0.0698 e. The number of hydrogen-bond donors (Lipinski definition) is 2. The average Bonchev–Trinajstić information content (AvgIpc) is 2.90. The molecule has 1 aliphatic rings. The lowest BCUT2D eigenvalue weighted by Gasteiger charge is -2.31. The highest BCUT2D eigenvalue weighted by atomic mass is 16.5. The molecular weight excluding hydrogens is 226 g/mol. The van der Waals surface area contributed by atoms with Crippen LogP contribution in [0.25, 0.3) is 0 Å². The number of nitrogens with one attached hydrogen (secondary N) is 1. The quantitative estimate of drug-likeness (QED) is 0.727. The Morgan fingerprint density at radius 3 is 2.50 bits per heavy atom. The summed E-state index contributed by atoms with van der Waals surface area (Å²) in [5.74, 6) is 0. The SMILES string of the molecule is OCCOCCNC1(c2ccccc2)CCCC1. The fourth-order valence-electron chi connectivity index (χ4n) is 2.83. The van der Waals surface area contributed by atoms with Crippen LogP contribution >= 0.6 is 0 Å². The molecule has 0 atom stereocenters. The first kappa shape index (κ1) is 13.5. The fourth-order valence-corrected chi connectivity index (χ4v) is 2.83. The zero-order chi connectivity index (χ0) is 12.7. The van der Waals surface area contributed by atoms with Crippen LogP contribution in [0, 0.1) is 0 Å². The molecule has 1 fully saturated rings. The second-order valence-corrected chi connectivity index (χ2v) is 4.92. The van der Waals surface area contributed by atoms with Crippen molar-refractivity contribution in [3.63, 3.8) is 0 Å². The molecule has 0 heterocycles. The Hall–Kier alpha value is -0.900. The third kappa shape index (κ3) is 3.31. The molecule has 2 N–H and O–H groups in total. The predicted octanol–water partition coefficient (Wildman–Crippen LogP) is 2.05. The van der Waals surface area contributed by atoms with Crippen molar-refractivity contribution in [2.75, 3.05) is 26.4 Å². The van der Waals surface area contributed by atoms with E-state index in [1.54, 1.807) is 0 Å². The fraction of sp³-hybridized carbons (Fsp3) is 0.600. The van der Waals surface area contributed by atoms with E-state index in [-0.39, 0.29) is 12.1 Å². The van der Waals surface area contributed by atoms with Crippen LogP contribution in [0.4, 0.5) is 0 Å². The molecule has 2 rings (SSSR count). The Labute approximate surface area is 109 Å². The van der Waals surface area contributed by atoms with Gasteiger partial charge in [0.1, 0.15) is 0 Å². The monoisotopic (exact) mass is 249 g/mol. The number of aliphatic hydroxyl groups excluding tert-OH is 1. The molecule has 0 spiro atoms. The van der Waals surface area contributed by atoms with Crippen LogP contribution in [0.3, 0.4) is 0 Å². The van der Waals surface area contributed by atoms with E-state index in [0.29, 0.717) is 13.2 Å². The molecule has 3 heteroatoms. The largest absolute Gasteiger partial charge is 0.394 e. The number of benzene rings is 1.